The van der Waals surface area contributed by atoms with Gasteiger partial charge < -0.3 is 4.74 Å². The zero-order chi connectivity index (χ0) is 12.1. The quantitative estimate of drug-likeness (QED) is 0.634. The van der Waals surface area contributed by atoms with Crippen molar-refractivity contribution in [2.45, 2.75) is 12.8 Å². The molecule has 16 heavy (non-hydrogen) atoms. The second kappa shape index (κ2) is 6.01. The third kappa shape index (κ3) is 3.61. The van der Waals surface area contributed by atoms with Gasteiger partial charge in [0.05, 0.1) is 7.11 Å². The Morgan fingerprint density at radius 2 is 2.12 bits per heavy atom. The molecule has 0 heterocycles. The maximum absolute atomic E-state index is 11.1. The predicted molar refractivity (Wildman–Crippen MR) is 64.7 cm³/mol. The molecule has 0 aliphatic rings. The summed E-state index contributed by atoms with van der Waals surface area (Å²) in [5, 5.41) is -0.521. The number of hydrogen-bond donors (Lipinski definition) is 0. The summed E-state index contributed by atoms with van der Waals surface area (Å²) in [4.78, 5) is 22.1. The fourth-order valence-corrected chi connectivity index (χ4v) is 1.89. The number of carbonyl (C=O) groups is 2. The minimum absolute atomic E-state index is 0.226. The second-order valence-corrected chi connectivity index (χ2v) is 4.41. The van der Waals surface area contributed by atoms with Crippen molar-refractivity contribution < 1.29 is 14.3 Å². The summed E-state index contributed by atoms with van der Waals surface area (Å²) in [5.74, 6) is -0.312. The van der Waals surface area contributed by atoms with Crippen LogP contribution >= 0.6 is 27.5 Å². The van der Waals surface area contributed by atoms with Crippen molar-refractivity contribution in [1.29, 1.82) is 0 Å². The van der Waals surface area contributed by atoms with Crippen molar-refractivity contribution in [1.82, 2.24) is 0 Å². The van der Waals surface area contributed by atoms with E-state index < -0.39 is 5.24 Å². The number of ether oxygens (including phenoxy) is 1. The first kappa shape index (κ1) is 13.2. The van der Waals surface area contributed by atoms with Crippen molar-refractivity contribution in [3.05, 3.63) is 33.8 Å². The summed E-state index contributed by atoms with van der Waals surface area (Å²) >= 11 is 8.74. The highest BCUT2D eigenvalue weighted by atomic mass is 79.9. The average molecular weight is 306 g/mol. The molecule has 0 fully saturated rings. The molecule has 1 aromatic carbocycles. The van der Waals surface area contributed by atoms with Crippen molar-refractivity contribution in [2.75, 3.05) is 7.11 Å². The smallest absolute Gasteiger partial charge is 0.305 e. The van der Waals surface area contributed by atoms with Crippen LogP contribution in [0.3, 0.4) is 0 Å². The number of rotatable bonds is 4. The Bertz CT molecular complexity index is 418. The zero-order valence-electron chi connectivity index (χ0n) is 8.63. The van der Waals surface area contributed by atoms with Gasteiger partial charge in [-0.1, -0.05) is 15.9 Å². The van der Waals surface area contributed by atoms with Gasteiger partial charge in [0.2, 0.25) is 0 Å². The molecule has 0 aliphatic carbocycles. The summed E-state index contributed by atoms with van der Waals surface area (Å²) in [5.41, 5.74) is 1.16. The largest absolute Gasteiger partial charge is 0.469 e. The van der Waals surface area contributed by atoms with Crippen LogP contribution in [0, 0.1) is 0 Å². The molecule has 0 unspecified atom stereocenters. The molecule has 86 valence electrons. The number of carbonyl (C=O) groups excluding carboxylic acids is 2. The van der Waals surface area contributed by atoms with Gasteiger partial charge in [-0.2, -0.15) is 0 Å². The van der Waals surface area contributed by atoms with Gasteiger partial charge >= 0.3 is 5.97 Å². The summed E-state index contributed by atoms with van der Waals surface area (Å²) in [6.07, 6.45) is 0.657. The van der Waals surface area contributed by atoms with E-state index in [2.05, 4.69) is 20.7 Å². The number of aryl methyl sites for hydroxylation is 1. The molecule has 0 amide bonds. The minimum Gasteiger partial charge on any atom is -0.469 e. The van der Waals surface area contributed by atoms with Gasteiger partial charge in [-0.05, 0) is 41.8 Å². The highest BCUT2D eigenvalue weighted by Crippen LogP contribution is 2.19. The Morgan fingerprint density at radius 1 is 1.44 bits per heavy atom. The Kier molecular flexibility index (Phi) is 4.96. The average Bonchev–Trinajstić information content (AvgIpc) is 2.25. The molecular formula is C11H10BrClO3. The van der Waals surface area contributed by atoms with E-state index in [1.54, 1.807) is 18.2 Å². The molecule has 5 heteroatoms. The summed E-state index contributed by atoms with van der Waals surface area (Å²) in [7, 11) is 1.33. The molecule has 0 saturated heterocycles. The molecule has 1 rings (SSSR count). The number of methoxy groups -OCH3 is 1. The molecule has 0 radical (unpaired) electrons. The van der Waals surface area contributed by atoms with Gasteiger partial charge in [0.25, 0.3) is 5.24 Å². The van der Waals surface area contributed by atoms with Gasteiger partial charge in [-0.25, -0.2) is 0 Å². The van der Waals surface area contributed by atoms with E-state index in [-0.39, 0.29) is 12.4 Å². The monoisotopic (exact) mass is 304 g/mol. The van der Waals surface area contributed by atoms with E-state index in [9.17, 15) is 9.59 Å². The lowest BCUT2D eigenvalue weighted by Crippen LogP contribution is -2.05. The number of benzene rings is 1. The van der Waals surface area contributed by atoms with Crippen LogP contribution < -0.4 is 0 Å². The standard InChI is InChI=1S/C11H10BrClO3/c1-16-10(14)5-2-7-6-8(12)3-4-9(7)11(13)15/h3-4,6H,2,5H2,1H3. The minimum atomic E-state index is -0.521. The molecule has 0 aromatic heterocycles. The maximum Gasteiger partial charge on any atom is 0.305 e. The van der Waals surface area contributed by atoms with E-state index >= 15 is 0 Å². The second-order valence-electron chi connectivity index (χ2n) is 3.15. The van der Waals surface area contributed by atoms with Crippen molar-refractivity contribution in [3.63, 3.8) is 0 Å². The third-order valence-electron chi connectivity index (χ3n) is 2.11. The molecule has 0 bridgehead atoms. The molecule has 3 nitrogen and oxygen atoms in total. The van der Waals surface area contributed by atoms with E-state index in [0.717, 1.165) is 10.0 Å². The van der Waals surface area contributed by atoms with E-state index in [1.807, 2.05) is 0 Å². The van der Waals surface area contributed by atoms with Crippen LogP contribution in [-0.2, 0) is 16.0 Å². The highest BCUT2D eigenvalue weighted by molar-refractivity contribution is 9.10. The summed E-state index contributed by atoms with van der Waals surface area (Å²) in [6, 6.07) is 5.14. The lowest BCUT2D eigenvalue weighted by atomic mass is 10.0. The fourth-order valence-electron chi connectivity index (χ4n) is 1.30. The molecule has 0 saturated carbocycles. The third-order valence-corrected chi connectivity index (χ3v) is 2.80. The van der Waals surface area contributed by atoms with Crippen LogP contribution in [0.1, 0.15) is 22.3 Å². The van der Waals surface area contributed by atoms with Crippen molar-refractivity contribution in [2.24, 2.45) is 0 Å². The van der Waals surface area contributed by atoms with Crippen LogP contribution in [0.25, 0.3) is 0 Å². The van der Waals surface area contributed by atoms with Crippen LogP contribution in [0.5, 0.6) is 0 Å². The van der Waals surface area contributed by atoms with Crippen LogP contribution in [0.15, 0.2) is 22.7 Å². The molecular weight excluding hydrogens is 295 g/mol. The summed E-state index contributed by atoms with van der Waals surface area (Å²) in [6.45, 7) is 0. The maximum atomic E-state index is 11.1. The normalized spacial score (nSPS) is 9.94. The SMILES string of the molecule is COC(=O)CCc1cc(Br)ccc1C(=O)Cl. The van der Waals surface area contributed by atoms with Crippen LogP contribution in [-0.4, -0.2) is 18.3 Å². The molecule has 0 spiro atoms. The Labute approximate surface area is 107 Å². The van der Waals surface area contributed by atoms with Gasteiger partial charge in [-0.3, -0.25) is 9.59 Å². The fraction of sp³-hybridized carbons (Fsp3) is 0.273. The van der Waals surface area contributed by atoms with Crippen molar-refractivity contribution >= 4 is 38.7 Å². The van der Waals surface area contributed by atoms with Gasteiger partial charge in [0.15, 0.2) is 0 Å². The lowest BCUT2D eigenvalue weighted by Gasteiger charge is -2.06. The van der Waals surface area contributed by atoms with E-state index in [1.165, 1.54) is 7.11 Å². The molecule has 1 aromatic rings. The Hall–Kier alpha value is -0.870. The summed E-state index contributed by atoms with van der Waals surface area (Å²) < 4.78 is 5.38. The van der Waals surface area contributed by atoms with Gasteiger partial charge in [-0.15, -0.1) is 0 Å². The first-order valence-corrected chi connectivity index (χ1v) is 5.76. The molecule has 0 N–H and O–H groups in total. The number of halogens is 2. The first-order valence-electron chi connectivity index (χ1n) is 4.59. The molecule has 0 aliphatic heterocycles. The zero-order valence-corrected chi connectivity index (χ0v) is 11.0. The topological polar surface area (TPSA) is 43.4 Å². The Morgan fingerprint density at radius 3 is 2.69 bits per heavy atom. The predicted octanol–water partition coefficient (Wildman–Crippen LogP) is 2.93. The van der Waals surface area contributed by atoms with Crippen LogP contribution in [0.2, 0.25) is 0 Å². The molecule has 0 atom stereocenters. The van der Waals surface area contributed by atoms with Gasteiger partial charge in [0, 0.05) is 16.5 Å². The first-order chi connectivity index (χ1) is 7.54. The number of hydrogen-bond acceptors (Lipinski definition) is 3. The van der Waals surface area contributed by atoms with Crippen molar-refractivity contribution in [3.8, 4) is 0 Å². The van der Waals surface area contributed by atoms with E-state index in [4.69, 9.17) is 11.6 Å². The van der Waals surface area contributed by atoms with Gasteiger partial charge in [0.1, 0.15) is 0 Å². The van der Waals surface area contributed by atoms with E-state index in [0.29, 0.717) is 12.0 Å². The lowest BCUT2D eigenvalue weighted by molar-refractivity contribution is -0.140. The number of esters is 1. The highest BCUT2D eigenvalue weighted by Gasteiger charge is 2.11. The van der Waals surface area contributed by atoms with Crippen LogP contribution in [0.4, 0.5) is 0 Å². The Balaban J connectivity index is 2.88.